The summed E-state index contributed by atoms with van der Waals surface area (Å²) < 4.78 is 9.35. The van der Waals surface area contributed by atoms with E-state index in [0.717, 1.165) is 44.6 Å². The number of hydrogen-bond donors (Lipinski definition) is 0. The lowest BCUT2D eigenvalue weighted by Gasteiger charge is -2.27. The van der Waals surface area contributed by atoms with Crippen LogP contribution in [0.1, 0.15) is 0 Å². The zero-order valence-electron chi connectivity index (χ0n) is 24.4. The molecule has 0 aliphatic rings. The van der Waals surface area contributed by atoms with E-state index in [1.807, 2.05) is 17.4 Å². The van der Waals surface area contributed by atoms with E-state index in [4.69, 9.17) is 4.42 Å². The molecule has 0 aliphatic heterocycles. The standard InChI is InChI=1S/C42H27NOS/c1-3-12-28(13-4-1)29-22-24-31(25-23-29)43(35-18-11-21-39-41(35)34-17-8-10-20-38(34)45-39)36-27-26-32(30-14-5-2-6-15-30)40-33-16-7-9-19-37(33)44-42(36)40/h1-27H. The van der Waals surface area contributed by atoms with Crippen LogP contribution in [0.5, 0.6) is 0 Å². The number of fused-ring (bicyclic) bond motifs is 6. The van der Waals surface area contributed by atoms with Gasteiger partial charge in [0.2, 0.25) is 0 Å². The molecule has 2 nitrogen and oxygen atoms in total. The first-order chi connectivity index (χ1) is 22.3. The molecule has 7 aromatic carbocycles. The molecule has 45 heavy (non-hydrogen) atoms. The third-order valence-corrected chi connectivity index (χ3v) is 9.82. The predicted molar refractivity (Wildman–Crippen MR) is 192 cm³/mol. The van der Waals surface area contributed by atoms with Crippen LogP contribution in [0.3, 0.4) is 0 Å². The van der Waals surface area contributed by atoms with Gasteiger partial charge in [-0.05, 0) is 64.7 Å². The molecule has 0 bridgehead atoms. The number of para-hydroxylation sites is 1. The highest BCUT2D eigenvalue weighted by Gasteiger charge is 2.24. The van der Waals surface area contributed by atoms with Crippen LogP contribution in [0.2, 0.25) is 0 Å². The summed E-state index contributed by atoms with van der Waals surface area (Å²) in [5, 5.41) is 4.76. The van der Waals surface area contributed by atoms with Crippen molar-refractivity contribution in [2.24, 2.45) is 0 Å². The fraction of sp³-hybridized carbons (Fsp3) is 0. The second kappa shape index (κ2) is 10.5. The molecule has 0 N–H and O–H groups in total. The summed E-state index contributed by atoms with van der Waals surface area (Å²) in [6, 6.07) is 58.3. The topological polar surface area (TPSA) is 16.4 Å². The second-order valence-electron chi connectivity index (χ2n) is 11.3. The molecular weight excluding hydrogens is 567 g/mol. The Morgan fingerprint density at radius 1 is 0.422 bits per heavy atom. The van der Waals surface area contributed by atoms with E-state index in [2.05, 4.69) is 163 Å². The molecule has 0 atom stereocenters. The molecule has 0 spiro atoms. The fourth-order valence-electron chi connectivity index (χ4n) is 6.63. The Balaban J connectivity index is 1.35. The number of hydrogen-bond acceptors (Lipinski definition) is 3. The predicted octanol–water partition coefficient (Wildman–Crippen LogP) is 12.8. The highest BCUT2D eigenvalue weighted by Crippen LogP contribution is 2.49. The minimum absolute atomic E-state index is 0.876. The van der Waals surface area contributed by atoms with Gasteiger partial charge in [-0.2, -0.15) is 0 Å². The van der Waals surface area contributed by atoms with E-state index in [1.54, 1.807) is 0 Å². The number of rotatable bonds is 5. The minimum Gasteiger partial charge on any atom is -0.454 e. The lowest BCUT2D eigenvalue weighted by Crippen LogP contribution is -2.10. The first-order valence-corrected chi connectivity index (χ1v) is 16.0. The molecule has 0 amide bonds. The average molecular weight is 594 g/mol. The van der Waals surface area contributed by atoms with Gasteiger partial charge in [0, 0.05) is 36.6 Å². The Labute approximate surface area is 265 Å². The molecule has 2 heterocycles. The van der Waals surface area contributed by atoms with E-state index < -0.39 is 0 Å². The Morgan fingerprint density at radius 2 is 1.07 bits per heavy atom. The summed E-state index contributed by atoms with van der Waals surface area (Å²) in [6.45, 7) is 0. The van der Waals surface area contributed by atoms with Crippen LogP contribution < -0.4 is 4.90 Å². The average Bonchev–Trinajstić information content (AvgIpc) is 3.69. The van der Waals surface area contributed by atoms with Crippen LogP contribution in [0.4, 0.5) is 17.1 Å². The van der Waals surface area contributed by atoms with Crippen molar-refractivity contribution in [1.29, 1.82) is 0 Å². The van der Waals surface area contributed by atoms with Crippen molar-refractivity contribution in [3.05, 3.63) is 164 Å². The van der Waals surface area contributed by atoms with E-state index in [9.17, 15) is 0 Å². The highest BCUT2D eigenvalue weighted by molar-refractivity contribution is 7.26. The van der Waals surface area contributed by atoms with Gasteiger partial charge >= 0.3 is 0 Å². The SMILES string of the molecule is c1ccc(-c2ccc(N(c3ccc(-c4ccccc4)c4c3oc3ccccc34)c3cccc4sc5ccccc5c34)cc2)cc1. The molecule has 2 aromatic heterocycles. The first-order valence-electron chi connectivity index (χ1n) is 15.2. The van der Waals surface area contributed by atoms with Crippen molar-refractivity contribution >= 4 is 70.5 Å². The van der Waals surface area contributed by atoms with Gasteiger partial charge < -0.3 is 9.32 Å². The molecule has 0 radical (unpaired) electrons. The van der Waals surface area contributed by atoms with Gasteiger partial charge in [-0.1, -0.05) is 121 Å². The second-order valence-corrected chi connectivity index (χ2v) is 12.4. The van der Waals surface area contributed by atoms with Crippen molar-refractivity contribution in [3.8, 4) is 22.3 Å². The van der Waals surface area contributed by atoms with E-state index in [1.165, 1.54) is 36.9 Å². The van der Waals surface area contributed by atoms with Gasteiger partial charge in [-0.25, -0.2) is 0 Å². The molecule has 9 aromatic rings. The lowest BCUT2D eigenvalue weighted by atomic mass is 9.98. The van der Waals surface area contributed by atoms with Crippen LogP contribution in [-0.4, -0.2) is 0 Å². The minimum atomic E-state index is 0.876. The molecule has 9 rings (SSSR count). The van der Waals surface area contributed by atoms with Crippen LogP contribution in [-0.2, 0) is 0 Å². The van der Waals surface area contributed by atoms with Crippen LogP contribution >= 0.6 is 11.3 Å². The van der Waals surface area contributed by atoms with Crippen LogP contribution in [0, 0.1) is 0 Å². The summed E-state index contributed by atoms with van der Waals surface area (Å²) in [5.74, 6) is 0. The fourth-order valence-corrected chi connectivity index (χ4v) is 7.76. The summed E-state index contributed by atoms with van der Waals surface area (Å²) in [6.07, 6.45) is 0. The van der Waals surface area contributed by atoms with Crippen LogP contribution in [0.25, 0.3) is 64.4 Å². The number of thiophene rings is 1. The van der Waals surface area contributed by atoms with Gasteiger partial charge in [-0.15, -0.1) is 11.3 Å². The van der Waals surface area contributed by atoms with Gasteiger partial charge in [0.1, 0.15) is 5.58 Å². The molecule has 212 valence electrons. The quantitative estimate of drug-likeness (QED) is 0.197. The maximum Gasteiger partial charge on any atom is 0.160 e. The third kappa shape index (κ3) is 4.24. The Hall–Kier alpha value is -5.64. The zero-order chi connectivity index (χ0) is 29.7. The number of nitrogens with zero attached hydrogens (tertiary/aromatic N) is 1. The summed E-state index contributed by atoms with van der Waals surface area (Å²) in [4.78, 5) is 2.38. The maximum absolute atomic E-state index is 6.80. The normalized spacial score (nSPS) is 11.6. The van der Waals surface area contributed by atoms with Crippen LogP contribution in [0.15, 0.2) is 168 Å². The van der Waals surface area contributed by atoms with E-state index in [-0.39, 0.29) is 0 Å². The first kappa shape index (κ1) is 25.8. The highest BCUT2D eigenvalue weighted by atomic mass is 32.1. The third-order valence-electron chi connectivity index (χ3n) is 8.69. The van der Waals surface area contributed by atoms with Crippen molar-refractivity contribution in [1.82, 2.24) is 0 Å². The smallest absolute Gasteiger partial charge is 0.160 e. The van der Waals surface area contributed by atoms with E-state index >= 15 is 0 Å². The molecule has 0 saturated carbocycles. The summed E-state index contributed by atoms with van der Waals surface area (Å²) in [5.41, 5.74) is 9.70. The molecule has 0 fully saturated rings. The number of benzene rings is 7. The Bertz CT molecular complexity index is 2470. The van der Waals surface area contributed by atoms with Crippen molar-refractivity contribution in [2.75, 3.05) is 4.90 Å². The monoisotopic (exact) mass is 593 g/mol. The van der Waals surface area contributed by atoms with Crippen molar-refractivity contribution in [3.63, 3.8) is 0 Å². The maximum atomic E-state index is 6.80. The Kier molecular flexibility index (Phi) is 6.03. The molecular formula is C42H27NOS. The van der Waals surface area contributed by atoms with Gasteiger partial charge in [0.15, 0.2) is 5.58 Å². The van der Waals surface area contributed by atoms with Gasteiger partial charge in [-0.3, -0.25) is 0 Å². The number of furan rings is 1. The molecule has 0 aliphatic carbocycles. The zero-order valence-corrected chi connectivity index (χ0v) is 25.2. The lowest BCUT2D eigenvalue weighted by molar-refractivity contribution is 0.669. The molecule has 0 unspecified atom stereocenters. The summed E-state index contributed by atoms with van der Waals surface area (Å²) >= 11 is 1.84. The van der Waals surface area contributed by atoms with Crippen molar-refractivity contribution < 1.29 is 4.42 Å². The van der Waals surface area contributed by atoms with Crippen molar-refractivity contribution in [2.45, 2.75) is 0 Å². The number of anilines is 3. The summed E-state index contributed by atoms with van der Waals surface area (Å²) in [7, 11) is 0. The van der Waals surface area contributed by atoms with Gasteiger partial charge in [0.05, 0.1) is 11.4 Å². The molecule has 3 heteroatoms. The largest absolute Gasteiger partial charge is 0.454 e. The van der Waals surface area contributed by atoms with Gasteiger partial charge in [0.25, 0.3) is 0 Å². The molecule has 0 saturated heterocycles. The Morgan fingerprint density at radius 3 is 1.87 bits per heavy atom. The van der Waals surface area contributed by atoms with E-state index in [0.29, 0.717) is 0 Å².